The lowest BCUT2D eigenvalue weighted by Crippen LogP contribution is -2.13. The Labute approximate surface area is 111 Å². The summed E-state index contributed by atoms with van der Waals surface area (Å²) >= 11 is 0. The molecular weight excluding hydrogens is 248 g/mol. The zero-order valence-electron chi connectivity index (χ0n) is 11.1. The average Bonchev–Trinajstić information content (AvgIpc) is 2.81. The molecule has 1 heterocycles. The molecule has 0 spiro atoms. The van der Waals surface area contributed by atoms with Crippen molar-refractivity contribution in [1.29, 1.82) is 0 Å². The average molecular weight is 266 g/mol. The van der Waals surface area contributed by atoms with Gasteiger partial charge in [-0.15, -0.1) is 0 Å². The lowest BCUT2D eigenvalue weighted by atomic mass is 9.97. The Morgan fingerprint density at radius 3 is 2.53 bits per heavy atom. The summed E-state index contributed by atoms with van der Waals surface area (Å²) in [4.78, 5) is 10.7. The summed E-state index contributed by atoms with van der Waals surface area (Å²) in [5.74, 6) is 1.45. The molecule has 1 atom stereocenters. The lowest BCUT2D eigenvalue weighted by molar-refractivity contribution is -0.385. The zero-order chi connectivity index (χ0) is 14.0. The third-order valence-corrected chi connectivity index (χ3v) is 3.17. The van der Waals surface area contributed by atoms with Gasteiger partial charge in [0.25, 0.3) is 5.69 Å². The van der Waals surface area contributed by atoms with Crippen molar-refractivity contribution < 1.29 is 14.4 Å². The van der Waals surface area contributed by atoms with Gasteiger partial charge in [0, 0.05) is 6.04 Å². The van der Waals surface area contributed by atoms with Gasteiger partial charge in [-0.3, -0.25) is 10.1 Å². The van der Waals surface area contributed by atoms with E-state index in [2.05, 4.69) is 13.8 Å². The van der Waals surface area contributed by atoms with Gasteiger partial charge in [0.1, 0.15) is 0 Å². The van der Waals surface area contributed by atoms with Crippen molar-refractivity contribution in [3.05, 3.63) is 27.8 Å². The van der Waals surface area contributed by atoms with E-state index in [9.17, 15) is 10.1 Å². The molecule has 0 amide bonds. The molecule has 1 aliphatic rings. The number of ether oxygens (including phenoxy) is 2. The zero-order valence-corrected chi connectivity index (χ0v) is 11.1. The smallest absolute Gasteiger partial charge is 0.278 e. The van der Waals surface area contributed by atoms with E-state index >= 15 is 0 Å². The van der Waals surface area contributed by atoms with Crippen LogP contribution in [0, 0.1) is 16.0 Å². The van der Waals surface area contributed by atoms with Crippen LogP contribution in [0.25, 0.3) is 0 Å². The Balaban J connectivity index is 2.29. The standard InChI is InChI=1S/C13H18N2O4/c1-8(2)3-4-10(14)9-5-12-13(19-7-18-12)6-11(9)15(16)17/h5-6,8,10H,3-4,7,14H2,1-2H3/t10-/m0/s1. The topological polar surface area (TPSA) is 87.6 Å². The van der Waals surface area contributed by atoms with E-state index in [0.717, 1.165) is 6.42 Å². The molecule has 0 radical (unpaired) electrons. The molecule has 6 nitrogen and oxygen atoms in total. The molecule has 0 aliphatic carbocycles. The van der Waals surface area contributed by atoms with Gasteiger partial charge in [-0.25, -0.2) is 0 Å². The number of benzene rings is 1. The third kappa shape index (κ3) is 2.96. The van der Waals surface area contributed by atoms with Crippen LogP contribution < -0.4 is 15.2 Å². The fourth-order valence-electron chi connectivity index (χ4n) is 2.07. The molecule has 1 aromatic carbocycles. The van der Waals surface area contributed by atoms with Crippen molar-refractivity contribution in [2.75, 3.05) is 6.79 Å². The summed E-state index contributed by atoms with van der Waals surface area (Å²) in [7, 11) is 0. The van der Waals surface area contributed by atoms with E-state index in [1.165, 1.54) is 6.07 Å². The van der Waals surface area contributed by atoms with Crippen LogP contribution in [0.15, 0.2) is 12.1 Å². The number of hydrogen-bond donors (Lipinski definition) is 1. The first-order chi connectivity index (χ1) is 8.99. The SMILES string of the molecule is CC(C)CC[C@H](N)c1cc2c(cc1[N+](=O)[O-])OCO2. The monoisotopic (exact) mass is 266 g/mol. The Morgan fingerprint density at radius 2 is 1.95 bits per heavy atom. The summed E-state index contributed by atoms with van der Waals surface area (Å²) < 4.78 is 10.4. The van der Waals surface area contributed by atoms with Crippen LogP contribution in [-0.2, 0) is 0 Å². The Bertz CT molecular complexity index is 488. The summed E-state index contributed by atoms with van der Waals surface area (Å²) in [5, 5.41) is 11.1. The van der Waals surface area contributed by atoms with E-state index in [4.69, 9.17) is 15.2 Å². The number of nitro benzene ring substituents is 1. The van der Waals surface area contributed by atoms with Crippen molar-refractivity contribution in [2.45, 2.75) is 32.7 Å². The Morgan fingerprint density at radius 1 is 1.32 bits per heavy atom. The van der Waals surface area contributed by atoms with Gasteiger partial charge in [0.15, 0.2) is 11.5 Å². The first-order valence-corrected chi connectivity index (χ1v) is 6.32. The predicted molar refractivity (Wildman–Crippen MR) is 70.2 cm³/mol. The molecule has 0 saturated heterocycles. The molecule has 0 bridgehead atoms. The number of nitrogens with zero attached hydrogens (tertiary/aromatic N) is 1. The quantitative estimate of drug-likeness (QED) is 0.654. The van der Waals surface area contributed by atoms with Gasteiger partial charge in [0.2, 0.25) is 6.79 Å². The van der Waals surface area contributed by atoms with Crippen LogP contribution in [0.3, 0.4) is 0 Å². The first-order valence-electron chi connectivity index (χ1n) is 6.32. The number of nitro groups is 1. The van der Waals surface area contributed by atoms with E-state index in [1.807, 2.05) is 0 Å². The maximum absolute atomic E-state index is 11.1. The van der Waals surface area contributed by atoms with Crippen molar-refractivity contribution in [1.82, 2.24) is 0 Å². The third-order valence-electron chi connectivity index (χ3n) is 3.17. The summed E-state index contributed by atoms with van der Waals surface area (Å²) in [5.41, 5.74) is 6.58. The minimum atomic E-state index is -0.424. The Kier molecular flexibility index (Phi) is 3.90. The second kappa shape index (κ2) is 5.44. The fraction of sp³-hybridized carbons (Fsp3) is 0.538. The van der Waals surface area contributed by atoms with E-state index in [0.29, 0.717) is 29.4 Å². The molecule has 0 saturated carbocycles. The lowest BCUT2D eigenvalue weighted by Gasteiger charge is -2.14. The number of hydrogen-bond acceptors (Lipinski definition) is 5. The number of nitrogens with two attached hydrogens (primary N) is 1. The summed E-state index contributed by atoms with van der Waals surface area (Å²) in [6, 6.07) is 2.66. The van der Waals surface area contributed by atoms with Crippen molar-refractivity contribution in [3.8, 4) is 11.5 Å². The first kappa shape index (κ1) is 13.6. The molecule has 0 unspecified atom stereocenters. The second-order valence-electron chi connectivity index (χ2n) is 5.10. The van der Waals surface area contributed by atoms with Crippen LogP contribution in [-0.4, -0.2) is 11.7 Å². The highest BCUT2D eigenvalue weighted by Crippen LogP contribution is 2.40. The highest BCUT2D eigenvalue weighted by atomic mass is 16.7. The second-order valence-corrected chi connectivity index (χ2v) is 5.10. The van der Waals surface area contributed by atoms with Gasteiger partial charge in [-0.1, -0.05) is 13.8 Å². The Hall–Kier alpha value is -1.82. The van der Waals surface area contributed by atoms with E-state index in [1.54, 1.807) is 6.07 Å². The molecule has 1 aliphatic heterocycles. The molecule has 104 valence electrons. The molecule has 19 heavy (non-hydrogen) atoms. The normalized spacial score (nSPS) is 14.7. The molecule has 0 aromatic heterocycles. The van der Waals surface area contributed by atoms with Gasteiger partial charge in [0.05, 0.1) is 16.6 Å². The van der Waals surface area contributed by atoms with Crippen LogP contribution >= 0.6 is 0 Å². The maximum atomic E-state index is 11.1. The molecule has 2 N–H and O–H groups in total. The molecule has 1 aromatic rings. The van der Waals surface area contributed by atoms with Crippen molar-refractivity contribution in [2.24, 2.45) is 11.7 Å². The maximum Gasteiger partial charge on any atom is 0.278 e. The van der Waals surface area contributed by atoms with Gasteiger partial charge < -0.3 is 15.2 Å². The highest BCUT2D eigenvalue weighted by molar-refractivity contribution is 5.56. The van der Waals surface area contributed by atoms with Gasteiger partial charge >= 0.3 is 0 Å². The van der Waals surface area contributed by atoms with Gasteiger partial charge in [-0.2, -0.15) is 0 Å². The number of rotatable bonds is 5. The molecule has 0 fully saturated rings. The van der Waals surface area contributed by atoms with Crippen molar-refractivity contribution >= 4 is 5.69 Å². The minimum absolute atomic E-state index is 0.000469. The van der Waals surface area contributed by atoms with Crippen LogP contribution in [0.4, 0.5) is 5.69 Å². The minimum Gasteiger partial charge on any atom is -0.454 e. The number of fused-ring (bicyclic) bond motifs is 1. The highest BCUT2D eigenvalue weighted by Gasteiger charge is 2.26. The van der Waals surface area contributed by atoms with E-state index in [-0.39, 0.29) is 18.5 Å². The largest absolute Gasteiger partial charge is 0.454 e. The summed E-state index contributed by atoms with van der Waals surface area (Å²) in [6.45, 7) is 4.29. The summed E-state index contributed by atoms with van der Waals surface area (Å²) in [6.07, 6.45) is 1.63. The predicted octanol–water partition coefficient (Wildman–Crippen LogP) is 2.76. The molecular formula is C13H18N2O4. The van der Waals surface area contributed by atoms with Crippen LogP contribution in [0.5, 0.6) is 11.5 Å². The fourth-order valence-corrected chi connectivity index (χ4v) is 2.07. The van der Waals surface area contributed by atoms with E-state index < -0.39 is 4.92 Å². The van der Waals surface area contributed by atoms with Crippen LogP contribution in [0.2, 0.25) is 0 Å². The molecule has 2 rings (SSSR count). The van der Waals surface area contributed by atoms with Gasteiger partial charge in [-0.05, 0) is 24.8 Å². The van der Waals surface area contributed by atoms with Crippen LogP contribution in [0.1, 0.15) is 38.3 Å². The van der Waals surface area contributed by atoms with Crippen molar-refractivity contribution in [3.63, 3.8) is 0 Å². The molecule has 6 heteroatoms.